The molecule has 1 atom stereocenters. The summed E-state index contributed by atoms with van der Waals surface area (Å²) in [6.07, 6.45) is 9.89. The summed E-state index contributed by atoms with van der Waals surface area (Å²) in [6.45, 7) is 4.53. The van der Waals surface area contributed by atoms with Gasteiger partial charge in [0.15, 0.2) is 0 Å². The Morgan fingerprint density at radius 3 is 2.17 bits per heavy atom. The van der Waals surface area contributed by atoms with Gasteiger partial charge in [-0.05, 0) is 97.9 Å². The number of nitrogens with two attached hydrogens (primary N) is 1. The Hall–Kier alpha value is -7.31. The molecule has 8 N–H and O–H groups in total. The highest BCUT2D eigenvalue weighted by atomic mass is 16.5. The number of hydrogen-bond acceptors (Lipinski definition) is 11. The molecule has 1 saturated carbocycles. The molecule has 0 spiro atoms. The maximum Gasteiger partial charge on any atom is 0.411 e. The van der Waals surface area contributed by atoms with Gasteiger partial charge in [-0.3, -0.25) is 34.2 Å². The standard InChI is InChI=1S/C45H55N7O12/c1-29(2)27-63-39(57)20-14-32-13-9-30(12-19-38(55)56)26-35(32)51-44(62)64-28-31-10-15-33(16-11-31)49-40(58)34(8-6-24-48-43(46)61)50-42(60)45(21-7-22-45)41(59)47-23-4-3-5-25-52-36(53)17-18-37(52)54/h9-20,26,29,34H,3-8,21-25,27-28H2,1-2H3,(H,47,59)(H,49,58)(H,50,60)(H,51,62)(H,55,56)(H3,46,48,61)/b19-12+,20-14+/t34-/m0/s1. The Morgan fingerprint density at radius 2 is 1.53 bits per heavy atom. The van der Waals surface area contributed by atoms with Gasteiger partial charge < -0.3 is 41.6 Å². The van der Waals surface area contributed by atoms with Crippen molar-refractivity contribution < 1.29 is 57.7 Å². The number of rotatable bonds is 24. The number of carbonyl (C=O) groups excluding carboxylic acids is 8. The van der Waals surface area contributed by atoms with Gasteiger partial charge in [-0.25, -0.2) is 19.2 Å². The fourth-order valence-corrected chi connectivity index (χ4v) is 6.53. The molecule has 2 aromatic rings. The molecular weight excluding hydrogens is 831 g/mol. The van der Waals surface area contributed by atoms with Crippen LogP contribution >= 0.6 is 0 Å². The van der Waals surface area contributed by atoms with E-state index in [-0.39, 0.29) is 69.1 Å². The molecule has 64 heavy (non-hydrogen) atoms. The van der Waals surface area contributed by atoms with Crippen molar-refractivity contribution in [1.29, 1.82) is 0 Å². The molecule has 8 amide bonds. The number of anilines is 2. The second-order valence-corrected chi connectivity index (χ2v) is 15.6. The Labute approximate surface area is 370 Å². The Balaban J connectivity index is 1.33. The van der Waals surface area contributed by atoms with E-state index in [0.29, 0.717) is 60.9 Å². The summed E-state index contributed by atoms with van der Waals surface area (Å²) in [5.41, 5.74) is 5.84. The summed E-state index contributed by atoms with van der Waals surface area (Å²) in [5.74, 6) is -3.93. The van der Waals surface area contributed by atoms with Gasteiger partial charge in [-0.2, -0.15) is 0 Å². The number of primary amides is 1. The highest BCUT2D eigenvalue weighted by molar-refractivity contribution is 6.13. The third-order valence-corrected chi connectivity index (χ3v) is 10.2. The Bertz CT molecular complexity index is 2130. The van der Waals surface area contributed by atoms with Crippen molar-refractivity contribution in [3.05, 3.63) is 83.5 Å². The second-order valence-electron chi connectivity index (χ2n) is 15.6. The molecule has 1 aliphatic heterocycles. The molecular formula is C45H55N7O12. The third kappa shape index (κ3) is 15.5. The van der Waals surface area contributed by atoms with Gasteiger partial charge in [0, 0.05) is 49.6 Å². The van der Waals surface area contributed by atoms with E-state index < -0.39 is 53.2 Å². The number of carboxylic acids is 1. The number of carbonyl (C=O) groups is 9. The molecule has 2 aromatic carbocycles. The van der Waals surface area contributed by atoms with Gasteiger partial charge in [-0.1, -0.05) is 44.5 Å². The summed E-state index contributed by atoms with van der Waals surface area (Å²) in [4.78, 5) is 113. The van der Waals surface area contributed by atoms with E-state index in [4.69, 9.17) is 20.3 Å². The van der Waals surface area contributed by atoms with Crippen molar-refractivity contribution >= 4 is 77.1 Å². The van der Waals surface area contributed by atoms with Crippen molar-refractivity contribution in [1.82, 2.24) is 20.9 Å². The number of nitrogens with zero attached hydrogens (tertiary/aromatic N) is 1. The van der Waals surface area contributed by atoms with Crippen LogP contribution in [-0.4, -0.2) is 95.9 Å². The van der Waals surface area contributed by atoms with E-state index in [9.17, 15) is 43.2 Å². The highest BCUT2D eigenvalue weighted by Gasteiger charge is 2.51. The number of ether oxygens (including phenoxy) is 2. The summed E-state index contributed by atoms with van der Waals surface area (Å²) in [7, 11) is 0. The van der Waals surface area contributed by atoms with Gasteiger partial charge in [0.2, 0.25) is 17.7 Å². The number of imide groups is 1. The van der Waals surface area contributed by atoms with Crippen molar-refractivity contribution in [3.8, 4) is 0 Å². The van der Waals surface area contributed by atoms with Crippen LogP contribution < -0.4 is 32.3 Å². The van der Waals surface area contributed by atoms with Crippen LogP contribution in [0, 0.1) is 11.3 Å². The van der Waals surface area contributed by atoms with Crippen LogP contribution in [0.5, 0.6) is 0 Å². The highest BCUT2D eigenvalue weighted by Crippen LogP contribution is 2.41. The molecule has 0 aromatic heterocycles. The van der Waals surface area contributed by atoms with Gasteiger partial charge in [0.05, 0.1) is 12.3 Å². The number of nitrogens with one attached hydrogen (secondary N) is 5. The van der Waals surface area contributed by atoms with E-state index in [1.807, 2.05) is 13.8 Å². The fourth-order valence-electron chi connectivity index (χ4n) is 6.53. The van der Waals surface area contributed by atoms with Crippen LogP contribution in [0.1, 0.15) is 81.9 Å². The summed E-state index contributed by atoms with van der Waals surface area (Å²) in [6, 6.07) is 9.23. The summed E-state index contributed by atoms with van der Waals surface area (Å²) >= 11 is 0. The number of aliphatic carboxylic acids is 1. The minimum absolute atomic E-state index is 0.104. The van der Waals surface area contributed by atoms with Gasteiger partial charge in [0.25, 0.3) is 11.8 Å². The quantitative estimate of drug-likeness (QED) is 0.0259. The van der Waals surface area contributed by atoms with Crippen molar-refractivity contribution in [3.63, 3.8) is 0 Å². The van der Waals surface area contributed by atoms with Gasteiger partial charge in [-0.15, -0.1) is 0 Å². The first-order valence-corrected chi connectivity index (χ1v) is 21.0. The molecule has 19 nitrogen and oxygen atoms in total. The average molecular weight is 886 g/mol. The number of benzene rings is 2. The Kier molecular flexibility index (Phi) is 18.8. The number of amides is 8. The minimum Gasteiger partial charge on any atom is -0.478 e. The van der Waals surface area contributed by atoms with Gasteiger partial charge >= 0.3 is 24.1 Å². The zero-order chi connectivity index (χ0) is 46.6. The predicted molar refractivity (Wildman–Crippen MR) is 235 cm³/mol. The first-order valence-electron chi connectivity index (χ1n) is 21.0. The van der Waals surface area contributed by atoms with E-state index in [0.717, 1.165) is 11.0 Å². The van der Waals surface area contributed by atoms with Crippen LogP contribution in [0.3, 0.4) is 0 Å². The summed E-state index contributed by atoms with van der Waals surface area (Å²) < 4.78 is 10.6. The molecule has 1 heterocycles. The first kappa shape index (κ1) is 49.3. The summed E-state index contributed by atoms with van der Waals surface area (Å²) in [5, 5.41) is 22.4. The fraction of sp³-hybridized carbons (Fsp3) is 0.400. The number of urea groups is 1. The maximum absolute atomic E-state index is 13.7. The molecule has 0 unspecified atom stereocenters. The lowest BCUT2D eigenvalue weighted by molar-refractivity contribution is -0.151. The van der Waals surface area contributed by atoms with Crippen LogP contribution in [0.15, 0.2) is 66.8 Å². The maximum atomic E-state index is 13.7. The lowest BCUT2D eigenvalue weighted by Gasteiger charge is -2.39. The van der Waals surface area contributed by atoms with Crippen LogP contribution in [0.4, 0.5) is 21.0 Å². The lowest BCUT2D eigenvalue weighted by atomic mass is 9.67. The second kappa shape index (κ2) is 24.4. The SMILES string of the molecule is CC(C)COC(=O)/C=C/c1ccc(/C=C/C(=O)O)cc1NC(=O)OCc1ccc(NC(=O)[C@H](CCCNC(N)=O)NC(=O)C2(C(=O)NCCCCCN3C(=O)C=CC3=O)CCC2)cc1. The van der Waals surface area contributed by atoms with E-state index in [1.54, 1.807) is 36.4 Å². The van der Waals surface area contributed by atoms with E-state index in [2.05, 4.69) is 26.6 Å². The molecule has 4 rings (SSSR count). The molecule has 1 fully saturated rings. The number of unbranched alkanes of at least 4 members (excludes halogenated alkanes) is 2. The third-order valence-electron chi connectivity index (χ3n) is 10.2. The lowest BCUT2D eigenvalue weighted by Crippen LogP contribution is -2.58. The molecule has 1 aliphatic carbocycles. The van der Waals surface area contributed by atoms with Crippen LogP contribution in [0.25, 0.3) is 12.2 Å². The normalized spacial score (nSPS) is 14.5. The van der Waals surface area contributed by atoms with E-state index >= 15 is 0 Å². The zero-order valence-electron chi connectivity index (χ0n) is 35.8. The van der Waals surface area contributed by atoms with Crippen LogP contribution in [-0.2, 0) is 49.6 Å². The van der Waals surface area contributed by atoms with Crippen molar-refractivity contribution in [2.24, 2.45) is 17.1 Å². The first-order chi connectivity index (χ1) is 30.6. The Morgan fingerprint density at radius 1 is 0.828 bits per heavy atom. The molecule has 2 aliphatic rings. The van der Waals surface area contributed by atoms with Crippen molar-refractivity contribution in [2.75, 3.05) is 36.9 Å². The molecule has 0 bridgehead atoms. The van der Waals surface area contributed by atoms with Crippen LogP contribution in [0.2, 0.25) is 0 Å². The molecule has 0 saturated heterocycles. The molecule has 0 radical (unpaired) electrons. The largest absolute Gasteiger partial charge is 0.478 e. The smallest absolute Gasteiger partial charge is 0.411 e. The number of esters is 1. The van der Waals surface area contributed by atoms with E-state index in [1.165, 1.54) is 36.4 Å². The molecule has 19 heteroatoms. The number of hydrogen-bond donors (Lipinski definition) is 7. The van der Waals surface area contributed by atoms with Crippen molar-refractivity contribution in [2.45, 2.75) is 77.9 Å². The number of carboxylic acid groups (broad SMARTS) is 1. The zero-order valence-corrected chi connectivity index (χ0v) is 35.8. The van der Waals surface area contributed by atoms with Gasteiger partial charge in [0.1, 0.15) is 18.1 Å². The average Bonchev–Trinajstić information content (AvgIpc) is 3.55. The molecule has 342 valence electrons. The minimum atomic E-state index is -1.36. The monoisotopic (exact) mass is 885 g/mol. The predicted octanol–water partition coefficient (Wildman–Crippen LogP) is 4.00. The topological polar surface area (TPSA) is 282 Å².